The molecule has 0 saturated heterocycles. The zero-order valence-electron chi connectivity index (χ0n) is 35.9. The van der Waals surface area contributed by atoms with Crippen LogP contribution >= 0.6 is 0 Å². The molecular formula is C54H51IrN3OSi-2. The number of furan rings is 1. The Bertz CT molecular complexity index is 2980. The number of nitrogens with zero attached hydrogens (tertiary/aromatic N) is 3. The number of rotatable bonds is 6. The molecule has 0 unspecified atom stereocenters. The van der Waals surface area contributed by atoms with E-state index in [1.54, 1.807) is 0 Å². The van der Waals surface area contributed by atoms with Crippen molar-refractivity contribution < 1.29 is 24.5 Å². The summed E-state index contributed by atoms with van der Waals surface area (Å²) < 4.78 is 9.16. The Labute approximate surface area is 369 Å². The second kappa shape index (κ2) is 15.9. The fourth-order valence-corrected chi connectivity index (χ4v) is 9.88. The molecule has 0 bridgehead atoms. The molecule has 0 saturated carbocycles. The standard InChI is InChI=1S/C40H35N2O.C14H16NSi.Ir/c1-23(2)25-14-11-15-26(24(3)4)37(25)42-35-20-10-9-19-34(35)41-39(42)29-17-12-16-28-31-21-33-30(22-36(31)43-38(28)29)27-13-7-8-18-32(27)40(33,5)6;1-16(2,3)13-9-10-14(15-11-13)12-7-5-4-6-8-12;/h7-16,18-24H,1-6H3;4-7,9-11H,1-3H3;/q2*-1;. The third kappa shape index (κ3) is 7.09. The minimum atomic E-state index is -1.23. The number of pyridine rings is 1. The third-order valence-corrected chi connectivity index (χ3v) is 14.1. The monoisotopic (exact) mass is 978 g/mol. The predicted molar refractivity (Wildman–Crippen MR) is 250 cm³/mol. The van der Waals surface area contributed by atoms with Crippen LogP contribution in [0, 0.1) is 12.1 Å². The van der Waals surface area contributed by atoms with E-state index in [0.717, 1.165) is 55.6 Å². The first-order valence-corrected chi connectivity index (χ1v) is 24.4. The summed E-state index contributed by atoms with van der Waals surface area (Å²) in [6, 6.07) is 51.7. The largest absolute Gasteiger partial charge is 0.501 e. The first-order chi connectivity index (χ1) is 28.3. The average Bonchev–Trinajstić information content (AvgIpc) is 3.87. The van der Waals surface area contributed by atoms with Crippen molar-refractivity contribution >= 4 is 46.2 Å². The maximum absolute atomic E-state index is 6.80. The van der Waals surface area contributed by atoms with Gasteiger partial charge in [0.2, 0.25) is 0 Å². The van der Waals surface area contributed by atoms with Gasteiger partial charge in [-0.3, -0.25) is 4.98 Å². The Morgan fingerprint density at radius 3 is 2.08 bits per heavy atom. The molecule has 1 aliphatic carbocycles. The summed E-state index contributed by atoms with van der Waals surface area (Å²) in [5.74, 6) is 1.56. The maximum Gasteiger partial charge on any atom is 0.121 e. The number of hydrogen-bond acceptors (Lipinski definition) is 3. The molecule has 0 N–H and O–H groups in total. The van der Waals surface area contributed by atoms with Gasteiger partial charge in [0.05, 0.1) is 30.5 Å². The number of hydrogen-bond donors (Lipinski definition) is 0. The number of imidazole rings is 1. The van der Waals surface area contributed by atoms with Gasteiger partial charge < -0.3 is 14.0 Å². The van der Waals surface area contributed by atoms with Crippen LogP contribution in [0.4, 0.5) is 0 Å². The molecule has 6 aromatic carbocycles. The molecule has 1 aliphatic rings. The van der Waals surface area contributed by atoms with Crippen LogP contribution in [-0.2, 0) is 25.5 Å². The van der Waals surface area contributed by atoms with Crippen LogP contribution in [0.2, 0.25) is 19.6 Å². The van der Waals surface area contributed by atoms with Gasteiger partial charge in [0.1, 0.15) is 5.58 Å². The van der Waals surface area contributed by atoms with E-state index in [1.165, 1.54) is 44.3 Å². The number of fused-ring (bicyclic) bond motifs is 7. The maximum atomic E-state index is 6.80. The second-order valence-electron chi connectivity index (χ2n) is 18.1. The molecule has 9 aromatic rings. The van der Waals surface area contributed by atoms with E-state index < -0.39 is 8.07 Å². The number of para-hydroxylation sites is 3. The summed E-state index contributed by atoms with van der Waals surface area (Å²) in [7, 11) is -1.23. The molecule has 1 radical (unpaired) electrons. The predicted octanol–water partition coefficient (Wildman–Crippen LogP) is 14.0. The molecule has 303 valence electrons. The van der Waals surface area contributed by atoms with Crippen LogP contribution in [-0.4, -0.2) is 22.6 Å². The third-order valence-electron chi connectivity index (χ3n) is 12.1. The molecule has 0 atom stereocenters. The SMILES string of the molecule is CC(C)c1cccc(C(C)C)c1-n1c(-c2[c-]ccc3c2oc2cc4c(cc23)C(C)(C)c2ccccc2-4)nc2ccccc21.C[Si](C)(C)c1ccc(-c2[c-]cccc2)nc1.[Ir]. The molecule has 6 heteroatoms. The summed E-state index contributed by atoms with van der Waals surface area (Å²) in [4.78, 5) is 9.79. The van der Waals surface area contributed by atoms with Gasteiger partial charge >= 0.3 is 0 Å². The van der Waals surface area contributed by atoms with E-state index in [2.05, 4.69) is 180 Å². The van der Waals surface area contributed by atoms with Gasteiger partial charge in [-0.05, 0) is 80.4 Å². The summed E-state index contributed by atoms with van der Waals surface area (Å²) in [5, 5.41) is 3.63. The zero-order chi connectivity index (χ0) is 41.2. The van der Waals surface area contributed by atoms with Crippen molar-refractivity contribution in [2.45, 2.75) is 78.4 Å². The minimum Gasteiger partial charge on any atom is -0.501 e. The fourth-order valence-electron chi connectivity index (χ4n) is 8.84. The van der Waals surface area contributed by atoms with Crippen LogP contribution < -0.4 is 5.19 Å². The quantitative estimate of drug-likeness (QED) is 0.123. The van der Waals surface area contributed by atoms with Gasteiger partial charge in [0.15, 0.2) is 0 Å². The van der Waals surface area contributed by atoms with Crippen molar-refractivity contribution in [3.63, 3.8) is 0 Å². The van der Waals surface area contributed by atoms with Crippen molar-refractivity contribution in [3.8, 4) is 39.5 Å². The van der Waals surface area contributed by atoms with Gasteiger partial charge in [-0.25, -0.2) is 0 Å². The van der Waals surface area contributed by atoms with Gasteiger partial charge in [-0.1, -0.05) is 139 Å². The number of benzene rings is 6. The first-order valence-electron chi connectivity index (χ1n) is 20.9. The van der Waals surface area contributed by atoms with Crippen LogP contribution in [0.3, 0.4) is 0 Å². The van der Waals surface area contributed by atoms with Gasteiger partial charge in [0, 0.05) is 42.8 Å². The summed E-state index contributed by atoms with van der Waals surface area (Å²) in [5.41, 5.74) is 15.8. The summed E-state index contributed by atoms with van der Waals surface area (Å²) in [6.07, 6.45) is 2.02. The Morgan fingerprint density at radius 2 is 1.40 bits per heavy atom. The molecule has 0 spiro atoms. The molecule has 10 rings (SSSR count). The molecule has 3 aromatic heterocycles. The molecule has 0 aliphatic heterocycles. The molecule has 0 fully saturated rings. The Balaban J connectivity index is 0.000000248. The zero-order valence-corrected chi connectivity index (χ0v) is 39.3. The van der Waals surface area contributed by atoms with E-state index in [9.17, 15) is 0 Å². The smallest absolute Gasteiger partial charge is 0.121 e. The summed E-state index contributed by atoms with van der Waals surface area (Å²) in [6.45, 7) is 20.7. The normalized spacial score (nSPS) is 13.1. The van der Waals surface area contributed by atoms with Crippen molar-refractivity contribution in [1.82, 2.24) is 14.5 Å². The Hall–Kier alpha value is -5.39. The topological polar surface area (TPSA) is 43.9 Å². The van der Waals surface area contributed by atoms with Crippen LogP contribution in [0.1, 0.15) is 75.6 Å². The van der Waals surface area contributed by atoms with Crippen molar-refractivity contribution in [3.05, 3.63) is 168 Å². The van der Waals surface area contributed by atoms with Gasteiger partial charge in [0.25, 0.3) is 0 Å². The van der Waals surface area contributed by atoms with Crippen LogP contribution in [0.5, 0.6) is 0 Å². The molecule has 0 amide bonds. The van der Waals surface area contributed by atoms with E-state index in [-0.39, 0.29) is 25.5 Å². The van der Waals surface area contributed by atoms with Gasteiger partial charge in [-0.2, -0.15) is 0 Å². The number of aromatic nitrogens is 3. The molecule has 60 heavy (non-hydrogen) atoms. The van der Waals surface area contributed by atoms with E-state index >= 15 is 0 Å². The Kier molecular flexibility index (Phi) is 11.0. The fraction of sp³-hybridized carbons (Fsp3) is 0.222. The van der Waals surface area contributed by atoms with E-state index in [0.29, 0.717) is 11.8 Å². The second-order valence-corrected chi connectivity index (χ2v) is 23.2. The van der Waals surface area contributed by atoms with Crippen molar-refractivity contribution in [2.24, 2.45) is 0 Å². The average molecular weight is 978 g/mol. The molecule has 3 heterocycles. The summed E-state index contributed by atoms with van der Waals surface area (Å²) >= 11 is 0. The van der Waals surface area contributed by atoms with Gasteiger partial charge in [-0.15, -0.1) is 54.1 Å². The van der Waals surface area contributed by atoms with E-state index in [1.807, 2.05) is 36.5 Å². The first kappa shape index (κ1) is 41.3. The minimum absolute atomic E-state index is 0. The van der Waals surface area contributed by atoms with E-state index in [4.69, 9.17) is 9.40 Å². The molecule has 4 nitrogen and oxygen atoms in total. The Morgan fingerprint density at radius 1 is 0.683 bits per heavy atom. The molecular weight excluding hydrogens is 927 g/mol. The van der Waals surface area contributed by atoms with Crippen molar-refractivity contribution in [1.29, 1.82) is 0 Å². The van der Waals surface area contributed by atoms with Crippen molar-refractivity contribution in [2.75, 3.05) is 0 Å². The van der Waals surface area contributed by atoms with Crippen LogP contribution in [0.15, 0.2) is 138 Å². The van der Waals surface area contributed by atoms with Crippen LogP contribution in [0.25, 0.3) is 72.4 Å².